The molecule has 1 fully saturated rings. The Labute approximate surface area is 163 Å². The number of piperidine rings is 1. The Morgan fingerprint density at radius 2 is 1.72 bits per heavy atom. The maximum atomic E-state index is 11.9. The van der Waals surface area contributed by atoms with Crippen molar-refractivity contribution in [1.82, 2.24) is 10.2 Å². The van der Waals surface area contributed by atoms with Crippen LogP contribution in [-0.4, -0.2) is 41.1 Å². The summed E-state index contributed by atoms with van der Waals surface area (Å²) >= 11 is 0. The predicted molar refractivity (Wildman–Crippen MR) is 106 cm³/mol. The Hall–Kier alpha value is -0.850. The molecule has 144 valence electrons. The lowest BCUT2D eigenvalue weighted by Gasteiger charge is -2.29. The minimum absolute atomic E-state index is 0. The van der Waals surface area contributed by atoms with E-state index in [1.54, 1.807) is 0 Å². The van der Waals surface area contributed by atoms with Gasteiger partial charge in [0.05, 0.1) is 6.10 Å². The number of hydrogen-bond donors (Lipinski definition) is 3. The summed E-state index contributed by atoms with van der Waals surface area (Å²) in [4.78, 5) is 14.3. The third-order valence-electron chi connectivity index (χ3n) is 4.66. The summed E-state index contributed by atoms with van der Waals surface area (Å²) in [5.41, 5.74) is 8.10. The van der Waals surface area contributed by atoms with Crippen LogP contribution in [-0.2, 0) is 17.9 Å². The summed E-state index contributed by atoms with van der Waals surface area (Å²) in [6.07, 6.45) is 1.60. The average molecular weight is 392 g/mol. The summed E-state index contributed by atoms with van der Waals surface area (Å²) in [5.74, 6) is -0.181. The van der Waals surface area contributed by atoms with Gasteiger partial charge in [0.25, 0.3) is 0 Å². The molecule has 0 spiro atoms. The van der Waals surface area contributed by atoms with E-state index >= 15 is 0 Å². The molecule has 1 aliphatic heterocycles. The van der Waals surface area contributed by atoms with Crippen LogP contribution in [0.1, 0.15) is 37.8 Å². The standard InChI is InChI=1S/C18H29N3O2.2ClH/c1-13(14(2)19)18(23)20-11-15-3-5-16(6-4-15)12-21-9-7-17(22)8-10-21;;/h3-6,13-14,17,22H,7-12,19H2,1-2H3,(H,20,23);2*1H. The Morgan fingerprint density at radius 3 is 2.24 bits per heavy atom. The van der Waals surface area contributed by atoms with Crippen LogP contribution in [0.15, 0.2) is 24.3 Å². The monoisotopic (exact) mass is 391 g/mol. The van der Waals surface area contributed by atoms with Crippen molar-refractivity contribution in [3.8, 4) is 0 Å². The normalized spacial score (nSPS) is 17.8. The van der Waals surface area contributed by atoms with Crippen LogP contribution in [0.3, 0.4) is 0 Å². The molecule has 0 aromatic heterocycles. The lowest BCUT2D eigenvalue weighted by molar-refractivity contribution is -0.125. The van der Waals surface area contributed by atoms with Gasteiger partial charge >= 0.3 is 0 Å². The van der Waals surface area contributed by atoms with Crippen LogP contribution in [0, 0.1) is 5.92 Å². The van der Waals surface area contributed by atoms with E-state index in [1.807, 2.05) is 13.8 Å². The molecule has 0 radical (unpaired) electrons. The van der Waals surface area contributed by atoms with Gasteiger partial charge in [-0.05, 0) is 30.9 Å². The number of carbonyl (C=O) groups excluding carboxylic acids is 1. The van der Waals surface area contributed by atoms with Crippen molar-refractivity contribution in [1.29, 1.82) is 0 Å². The van der Waals surface area contributed by atoms with Gasteiger partial charge < -0.3 is 16.2 Å². The van der Waals surface area contributed by atoms with E-state index in [4.69, 9.17) is 5.73 Å². The van der Waals surface area contributed by atoms with Crippen molar-refractivity contribution in [2.45, 2.75) is 51.9 Å². The highest BCUT2D eigenvalue weighted by atomic mass is 35.5. The number of nitrogens with two attached hydrogens (primary N) is 1. The Morgan fingerprint density at radius 1 is 1.20 bits per heavy atom. The van der Waals surface area contributed by atoms with Gasteiger partial charge in [-0.2, -0.15) is 0 Å². The molecule has 1 aromatic rings. The van der Waals surface area contributed by atoms with Gasteiger partial charge in [0.15, 0.2) is 0 Å². The first-order valence-corrected chi connectivity index (χ1v) is 8.47. The first-order chi connectivity index (χ1) is 11.0. The second-order valence-electron chi connectivity index (χ2n) is 6.69. The molecule has 1 saturated heterocycles. The Kier molecular flexibility index (Phi) is 11.3. The zero-order chi connectivity index (χ0) is 16.8. The minimum Gasteiger partial charge on any atom is -0.393 e. The fraction of sp³-hybridized carbons (Fsp3) is 0.611. The molecule has 1 aliphatic rings. The fourth-order valence-electron chi connectivity index (χ4n) is 2.69. The molecule has 2 unspecified atom stereocenters. The van der Waals surface area contributed by atoms with Gasteiger partial charge in [0.2, 0.25) is 5.91 Å². The molecule has 1 aromatic carbocycles. The first-order valence-electron chi connectivity index (χ1n) is 8.47. The molecule has 0 bridgehead atoms. The summed E-state index contributed by atoms with van der Waals surface area (Å²) in [6.45, 7) is 7.05. The van der Waals surface area contributed by atoms with Crippen molar-refractivity contribution in [2.24, 2.45) is 11.7 Å². The van der Waals surface area contributed by atoms with Gasteiger partial charge in [-0.1, -0.05) is 31.2 Å². The number of nitrogens with one attached hydrogen (secondary N) is 1. The molecule has 7 heteroatoms. The summed E-state index contributed by atoms with van der Waals surface area (Å²) in [5, 5.41) is 12.5. The van der Waals surface area contributed by atoms with E-state index in [1.165, 1.54) is 5.56 Å². The van der Waals surface area contributed by atoms with Gasteiger partial charge in [-0.3, -0.25) is 9.69 Å². The SMILES string of the molecule is CC(N)C(C)C(=O)NCc1ccc(CN2CCC(O)CC2)cc1.Cl.Cl. The molecular formula is C18H31Cl2N3O2. The fourth-order valence-corrected chi connectivity index (χ4v) is 2.69. The van der Waals surface area contributed by atoms with Gasteiger partial charge in [-0.25, -0.2) is 0 Å². The number of halogens is 2. The number of aliphatic hydroxyl groups is 1. The predicted octanol–water partition coefficient (Wildman–Crippen LogP) is 2.09. The largest absolute Gasteiger partial charge is 0.393 e. The topological polar surface area (TPSA) is 78.6 Å². The lowest BCUT2D eigenvalue weighted by atomic mass is 10.0. The van der Waals surface area contributed by atoms with Gasteiger partial charge in [0, 0.05) is 38.1 Å². The maximum absolute atomic E-state index is 11.9. The van der Waals surface area contributed by atoms with Crippen LogP contribution in [0.2, 0.25) is 0 Å². The minimum atomic E-state index is -0.177. The molecule has 0 aliphatic carbocycles. The molecule has 1 amide bonds. The van der Waals surface area contributed by atoms with Crippen LogP contribution in [0.5, 0.6) is 0 Å². The summed E-state index contributed by atoms with van der Waals surface area (Å²) in [6, 6.07) is 8.21. The number of nitrogens with zero attached hydrogens (tertiary/aromatic N) is 1. The van der Waals surface area contributed by atoms with Crippen molar-refractivity contribution in [3.63, 3.8) is 0 Å². The summed E-state index contributed by atoms with van der Waals surface area (Å²) < 4.78 is 0. The zero-order valence-electron chi connectivity index (χ0n) is 15.0. The van der Waals surface area contributed by atoms with Crippen LogP contribution < -0.4 is 11.1 Å². The zero-order valence-corrected chi connectivity index (χ0v) is 16.6. The van der Waals surface area contributed by atoms with E-state index < -0.39 is 0 Å². The van der Waals surface area contributed by atoms with Crippen molar-refractivity contribution in [3.05, 3.63) is 35.4 Å². The van der Waals surface area contributed by atoms with Crippen LogP contribution in [0.4, 0.5) is 0 Å². The van der Waals surface area contributed by atoms with Crippen molar-refractivity contribution in [2.75, 3.05) is 13.1 Å². The quantitative estimate of drug-likeness (QED) is 0.693. The van der Waals surface area contributed by atoms with Crippen LogP contribution >= 0.6 is 24.8 Å². The van der Waals surface area contributed by atoms with E-state index in [-0.39, 0.29) is 48.8 Å². The highest BCUT2D eigenvalue weighted by molar-refractivity contribution is 5.85. The molecule has 4 N–H and O–H groups in total. The third kappa shape index (κ3) is 7.92. The smallest absolute Gasteiger partial charge is 0.224 e. The molecule has 0 saturated carbocycles. The second-order valence-corrected chi connectivity index (χ2v) is 6.69. The van der Waals surface area contributed by atoms with Gasteiger partial charge in [-0.15, -0.1) is 24.8 Å². The molecule has 2 rings (SSSR count). The number of aliphatic hydroxyl groups excluding tert-OH is 1. The number of likely N-dealkylation sites (tertiary alicyclic amines) is 1. The summed E-state index contributed by atoms with van der Waals surface area (Å²) in [7, 11) is 0. The number of amides is 1. The highest BCUT2D eigenvalue weighted by Gasteiger charge is 2.17. The maximum Gasteiger partial charge on any atom is 0.224 e. The Balaban J connectivity index is 0.00000288. The number of hydrogen-bond acceptors (Lipinski definition) is 4. The second kappa shape index (κ2) is 11.7. The molecular weight excluding hydrogens is 361 g/mol. The average Bonchev–Trinajstić information content (AvgIpc) is 2.55. The van der Waals surface area contributed by atoms with E-state index in [2.05, 4.69) is 34.5 Å². The molecule has 2 atom stereocenters. The number of benzene rings is 1. The van der Waals surface area contributed by atoms with E-state index in [0.29, 0.717) is 6.54 Å². The van der Waals surface area contributed by atoms with Crippen LogP contribution in [0.25, 0.3) is 0 Å². The highest BCUT2D eigenvalue weighted by Crippen LogP contribution is 2.14. The number of carbonyl (C=O) groups is 1. The van der Waals surface area contributed by atoms with E-state index in [9.17, 15) is 9.90 Å². The van der Waals surface area contributed by atoms with Gasteiger partial charge in [0.1, 0.15) is 0 Å². The third-order valence-corrected chi connectivity index (χ3v) is 4.66. The van der Waals surface area contributed by atoms with E-state index in [0.717, 1.165) is 38.0 Å². The van der Waals surface area contributed by atoms with Crippen molar-refractivity contribution < 1.29 is 9.90 Å². The Bertz CT molecular complexity index is 504. The van der Waals surface area contributed by atoms with Crippen molar-refractivity contribution >= 4 is 30.7 Å². The number of rotatable bonds is 6. The first kappa shape index (κ1) is 24.1. The molecule has 25 heavy (non-hydrogen) atoms. The molecule has 1 heterocycles. The lowest BCUT2D eigenvalue weighted by Crippen LogP contribution is -2.38. The molecule has 5 nitrogen and oxygen atoms in total.